The molecule has 2 heterocycles. The van der Waals surface area contributed by atoms with Crippen molar-refractivity contribution in [3.63, 3.8) is 0 Å². The Morgan fingerprint density at radius 3 is 2.06 bits per heavy atom. The van der Waals surface area contributed by atoms with Crippen LogP contribution in [0.25, 0.3) is 0 Å². The average Bonchev–Trinajstić information content (AvgIpc) is 3.00. The van der Waals surface area contributed by atoms with Gasteiger partial charge in [-0.05, 0) is 58.5 Å². The number of rotatable bonds is 11. The smallest absolute Gasteiger partial charge is 0.407 e. The number of alkyl carbamates (subject to hydrolysis) is 1. The zero-order chi connectivity index (χ0) is 34.6. The summed E-state index contributed by atoms with van der Waals surface area (Å²) in [6.07, 6.45) is 0.933. The van der Waals surface area contributed by atoms with Gasteiger partial charge in [0.25, 0.3) is 8.32 Å². The Bertz CT molecular complexity index is 1530. The second-order valence-electron chi connectivity index (χ2n) is 14.3. The number of carbonyl (C=O) groups is 1. The molecule has 1 aliphatic rings. The molecule has 256 valence electrons. The summed E-state index contributed by atoms with van der Waals surface area (Å²) < 4.78 is 32.8. The van der Waals surface area contributed by atoms with Crippen LogP contribution in [0.5, 0.6) is 5.75 Å². The van der Waals surface area contributed by atoms with Crippen molar-refractivity contribution in [2.45, 2.75) is 84.2 Å². The number of fused-ring (bicyclic) bond motifs is 1. The number of nitrogens with one attached hydrogen (secondary N) is 1. The highest BCUT2D eigenvalue weighted by atomic mass is 79.9. The number of ether oxygens (including phenoxy) is 4. The van der Waals surface area contributed by atoms with E-state index in [-0.39, 0.29) is 23.0 Å². The van der Waals surface area contributed by atoms with E-state index in [1.807, 2.05) is 37.5 Å². The topological polar surface area (TPSA) is 97.3 Å². The minimum absolute atomic E-state index is 0.0393. The van der Waals surface area contributed by atoms with Gasteiger partial charge in [0.1, 0.15) is 18.5 Å². The molecule has 3 atom stereocenters. The lowest BCUT2D eigenvalue weighted by atomic mass is 9.70. The molecule has 0 saturated heterocycles. The van der Waals surface area contributed by atoms with Crippen LogP contribution in [-0.2, 0) is 25.2 Å². The summed E-state index contributed by atoms with van der Waals surface area (Å²) in [4.78, 5) is 26.6. The van der Waals surface area contributed by atoms with Crippen molar-refractivity contribution in [1.29, 1.82) is 0 Å². The zero-order valence-corrected chi connectivity index (χ0v) is 31.6. The van der Waals surface area contributed by atoms with Gasteiger partial charge in [0.2, 0.25) is 5.43 Å². The lowest BCUT2D eigenvalue weighted by Gasteiger charge is -2.49. The molecule has 1 amide bonds. The molecule has 2 aromatic carbocycles. The van der Waals surface area contributed by atoms with Gasteiger partial charge in [-0.25, -0.2) is 4.79 Å². The van der Waals surface area contributed by atoms with Crippen LogP contribution in [0.3, 0.4) is 0 Å². The number of aromatic nitrogens is 1. The number of hydrogen-bond acceptors (Lipinski definition) is 7. The molecule has 1 N–H and O–H groups in total. The van der Waals surface area contributed by atoms with Crippen LogP contribution in [0.15, 0.2) is 76.1 Å². The number of carbonyl (C=O) groups excluding carboxylic acids is 1. The van der Waals surface area contributed by atoms with Gasteiger partial charge >= 0.3 is 6.09 Å². The molecule has 0 saturated carbocycles. The molecular weight excluding hydrogens is 680 g/mol. The Morgan fingerprint density at radius 2 is 1.57 bits per heavy atom. The van der Waals surface area contributed by atoms with Crippen LogP contribution in [0.4, 0.5) is 4.79 Å². The molecule has 0 aliphatic carbocycles. The largest absolute Gasteiger partial charge is 0.491 e. The summed E-state index contributed by atoms with van der Waals surface area (Å²) in [5.74, 6) is 0.176. The summed E-state index contributed by atoms with van der Waals surface area (Å²) in [6, 6.07) is 20.5. The maximum absolute atomic E-state index is 13.3. The molecule has 1 aromatic heterocycles. The molecule has 11 heteroatoms. The number of halogens is 1. The van der Waals surface area contributed by atoms with Gasteiger partial charge in [-0.15, -0.1) is 0 Å². The van der Waals surface area contributed by atoms with E-state index in [0.717, 1.165) is 0 Å². The molecule has 47 heavy (non-hydrogen) atoms. The molecule has 0 radical (unpaired) electrons. The van der Waals surface area contributed by atoms with Gasteiger partial charge in [-0.2, -0.15) is 0 Å². The Hall–Kier alpha value is -2.96. The van der Waals surface area contributed by atoms with Crippen molar-refractivity contribution in [3.05, 3.63) is 87.3 Å². The van der Waals surface area contributed by atoms with Crippen molar-refractivity contribution in [3.8, 4) is 5.75 Å². The van der Waals surface area contributed by atoms with Gasteiger partial charge in [0.15, 0.2) is 5.75 Å². The van der Waals surface area contributed by atoms with E-state index in [1.165, 1.54) is 17.5 Å². The third-order valence-corrected chi connectivity index (χ3v) is 14.5. The van der Waals surface area contributed by atoms with E-state index in [9.17, 15) is 9.59 Å². The first-order chi connectivity index (χ1) is 22.1. The minimum Gasteiger partial charge on any atom is -0.491 e. The maximum atomic E-state index is 13.3. The van der Waals surface area contributed by atoms with Gasteiger partial charge in [0.05, 0.1) is 23.3 Å². The predicted octanol–water partition coefficient (Wildman–Crippen LogP) is 6.16. The maximum Gasteiger partial charge on any atom is 0.407 e. The minimum atomic E-state index is -2.87. The highest BCUT2D eigenvalue weighted by Crippen LogP contribution is 2.49. The Labute approximate surface area is 288 Å². The van der Waals surface area contributed by atoms with Crippen molar-refractivity contribution in [1.82, 2.24) is 9.88 Å². The molecule has 0 spiro atoms. The van der Waals surface area contributed by atoms with Gasteiger partial charge < -0.3 is 33.3 Å². The Morgan fingerprint density at radius 1 is 1.00 bits per heavy atom. The van der Waals surface area contributed by atoms with E-state index >= 15 is 0 Å². The van der Waals surface area contributed by atoms with E-state index in [4.69, 9.17) is 23.4 Å². The summed E-state index contributed by atoms with van der Waals surface area (Å²) in [5.41, 5.74) is -1.20. The number of pyridine rings is 1. The summed E-state index contributed by atoms with van der Waals surface area (Å²) >= 11 is 3.40. The van der Waals surface area contributed by atoms with Crippen LogP contribution < -0.4 is 25.9 Å². The Kier molecular flexibility index (Phi) is 11.5. The van der Waals surface area contributed by atoms with Crippen LogP contribution in [0.2, 0.25) is 5.04 Å². The van der Waals surface area contributed by atoms with Crippen molar-refractivity contribution in [2.75, 3.05) is 27.6 Å². The van der Waals surface area contributed by atoms with E-state index in [1.54, 1.807) is 13.3 Å². The lowest BCUT2D eigenvalue weighted by Crippen LogP contribution is -2.67. The molecule has 4 rings (SSSR count). The van der Waals surface area contributed by atoms with Crippen LogP contribution in [0.1, 0.15) is 66.7 Å². The molecular formula is C36H49BrN2O7Si. The standard InChI is InChI=1S/C36H49BrN2O7Si/c1-34(2,3)46-33(41)38-28-23-39-22-27(37)30(40)31(43-9)29(39)32(44-24-42-8)36(28,7)20-21-45-47(35(4,5)6,25-16-12-10-13-17-25)26-18-14-11-15-19-26/h10-19,22,28,32H,20-21,23-24H2,1-9H3,(H,38,41). The number of nitrogens with zero attached hydrogens (tertiary/aromatic N) is 1. The van der Waals surface area contributed by atoms with Gasteiger partial charge in [0, 0.05) is 31.9 Å². The number of benzene rings is 2. The van der Waals surface area contributed by atoms with Crippen molar-refractivity contribution in [2.24, 2.45) is 5.41 Å². The van der Waals surface area contributed by atoms with Gasteiger partial charge in [-0.3, -0.25) is 4.79 Å². The molecule has 1 aliphatic heterocycles. The fourth-order valence-electron chi connectivity index (χ4n) is 6.70. The van der Waals surface area contributed by atoms with Crippen molar-refractivity contribution >= 4 is 40.7 Å². The molecule has 0 fully saturated rings. The third-order valence-electron chi connectivity index (χ3n) is 8.88. The van der Waals surface area contributed by atoms with E-state index in [0.29, 0.717) is 29.7 Å². The van der Waals surface area contributed by atoms with Crippen LogP contribution in [-0.4, -0.2) is 58.2 Å². The number of methoxy groups -OCH3 is 2. The van der Waals surface area contributed by atoms with Crippen molar-refractivity contribution < 1.29 is 28.2 Å². The fraction of sp³-hybridized carbons (Fsp3) is 0.500. The second-order valence-corrected chi connectivity index (χ2v) is 19.5. The molecule has 3 aromatic rings. The highest BCUT2D eigenvalue weighted by Gasteiger charge is 2.53. The number of hydrogen-bond donors (Lipinski definition) is 1. The molecule has 3 unspecified atom stereocenters. The quantitative estimate of drug-likeness (QED) is 0.187. The first kappa shape index (κ1) is 36.9. The molecule has 9 nitrogen and oxygen atoms in total. The predicted molar refractivity (Wildman–Crippen MR) is 190 cm³/mol. The zero-order valence-electron chi connectivity index (χ0n) is 29.0. The third kappa shape index (κ3) is 7.70. The number of amides is 1. The van der Waals surface area contributed by atoms with E-state index in [2.05, 4.69) is 97.5 Å². The highest BCUT2D eigenvalue weighted by molar-refractivity contribution is 9.10. The molecule has 0 bridgehead atoms. The summed E-state index contributed by atoms with van der Waals surface area (Å²) in [5, 5.41) is 5.27. The van der Waals surface area contributed by atoms with Crippen LogP contribution in [0, 0.1) is 5.41 Å². The summed E-state index contributed by atoms with van der Waals surface area (Å²) in [7, 11) is 0.159. The second kappa shape index (κ2) is 14.7. The lowest BCUT2D eigenvalue weighted by molar-refractivity contribution is -0.143. The van der Waals surface area contributed by atoms with Crippen LogP contribution >= 0.6 is 15.9 Å². The Balaban J connectivity index is 1.84. The van der Waals surface area contributed by atoms with E-state index < -0.39 is 37.6 Å². The first-order valence-corrected chi connectivity index (χ1v) is 18.6. The fourth-order valence-corrected chi connectivity index (χ4v) is 11.7. The normalized spacial score (nSPS) is 20.0. The van der Waals surface area contributed by atoms with Gasteiger partial charge in [-0.1, -0.05) is 88.4 Å². The summed E-state index contributed by atoms with van der Waals surface area (Å²) in [6.45, 7) is 14.9. The first-order valence-electron chi connectivity index (χ1n) is 15.9. The monoisotopic (exact) mass is 728 g/mol. The average molecular weight is 730 g/mol. The SMILES string of the molecule is COCOC1c2c(OC)c(=O)c(Br)cn2CC(NC(=O)OC(C)(C)C)C1(C)CCO[Si](c1ccccc1)(c1ccccc1)C(C)(C)C.